The first-order valence-electron chi connectivity index (χ1n) is 28.3. The van der Waals surface area contributed by atoms with E-state index in [4.69, 9.17) is 4.42 Å². The lowest BCUT2D eigenvalue weighted by Crippen LogP contribution is -2.28. The van der Waals surface area contributed by atoms with Gasteiger partial charge in [-0.15, -0.1) is 0 Å². The minimum absolute atomic E-state index is 0.318. The molecule has 0 aliphatic heterocycles. The van der Waals surface area contributed by atoms with Crippen molar-refractivity contribution < 1.29 is 8.81 Å². The summed E-state index contributed by atoms with van der Waals surface area (Å²) in [5, 5.41) is 4.10. The normalized spacial score (nSPS) is 12.5. The molecule has 16 rings (SSSR count). The van der Waals surface area contributed by atoms with E-state index in [1.165, 1.54) is 55.2 Å². The highest BCUT2D eigenvalue weighted by Crippen LogP contribution is 2.57. The van der Waals surface area contributed by atoms with Gasteiger partial charge in [0.2, 0.25) is 0 Å². The molecule has 1 aliphatic carbocycles. The molecule has 0 radical (unpaired) electrons. The molecular formula is C79H51FN2O. The van der Waals surface area contributed by atoms with Gasteiger partial charge in [0.15, 0.2) is 0 Å². The lowest BCUT2D eigenvalue weighted by atomic mass is 9.67. The van der Waals surface area contributed by atoms with Gasteiger partial charge in [0, 0.05) is 49.9 Å². The fraction of sp³-hybridized carbons (Fsp3) is 0.0127. The summed E-state index contributed by atoms with van der Waals surface area (Å²) in [5.74, 6) is -0.318. The number of nitrogens with zero attached hydrogens (tertiary/aromatic N) is 2. The van der Waals surface area contributed by atoms with Crippen molar-refractivity contribution in [3.8, 4) is 61.3 Å². The minimum atomic E-state index is -0.519. The van der Waals surface area contributed by atoms with Gasteiger partial charge < -0.3 is 13.9 Å². The van der Waals surface area contributed by atoms with Crippen LogP contribution in [0.3, 0.4) is 0 Å². The van der Waals surface area contributed by atoms with E-state index in [-0.39, 0.29) is 5.82 Å². The van der Waals surface area contributed by atoms with E-state index < -0.39 is 5.41 Å². The number of hydrogen-bond acceptors (Lipinski definition) is 2. The first kappa shape index (κ1) is 48.1. The Kier molecular flexibility index (Phi) is 11.3. The third kappa shape index (κ3) is 7.86. The Labute approximate surface area is 480 Å². The fourth-order valence-electron chi connectivity index (χ4n) is 13.3. The van der Waals surface area contributed by atoms with E-state index in [2.05, 4.69) is 301 Å². The molecule has 1 aliphatic rings. The second-order valence-electron chi connectivity index (χ2n) is 21.7. The molecule has 0 atom stereocenters. The van der Waals surface area contributed by atoms with E-state index in [9.17, 15) is 0 Å². The molecule has 0 saturated carbocycles. The van der Waals surface area contributed by atoms with Crippen molar-refractivity contribution in [2.75, 3.05) is 4.90 Å². The first-order valence-corrected chi connectivity index (χ1v) is 28.3. The molecule has 0 fully saturated rings. The van der Waals surface area contributed by atoms with Gasteiger partial charge in [0.1, 0.15) is 17.0 Å². The number of para-hydroxylation sites is 2. The fourth-order valence-corrected chi connectivity index (χ4v) is 13.3. The summed E-state index contributed by atoms with van der Waals surface area (Å²) in [5.41, 5.74) is 23.0. The molecule has 0 amide bonds. The number of fused-ring (bicyclic) bond motifs is 9. The number of aromatic nitrogens is 1. The molecule has 3 nitrogen and oxygen atoms in total. The van der Waals surface area contributed by atoms with E-state index in [1.807, 2.05) is 6.07 Å². The minimum Gasteiger partial charge on any atom is -0.455 e. The van der Waals surface area contributed by atoms with E-state index in [1.54, 1.807) is 12.1 Å². The Hall–Kier alpha value is -10.8. The summed E-state index contributed by atoms with van der Waals surface area (Å²) in [4.78, 5) is 2.28. The van der Waals surface area contributed by atoms with Crippen LogP contribution in [0.2, 0.25) is 0 Å². The van der Waals surface area contributed by atoms with Crippen LogP contribution in [-0.4, -0.2) is 4.57 Å². The molecule has 0 bridgehead atoms. The highest BCUT2D eigenvalue weighted by Gasteiger charge is 2.46. The van der Waals surface area contributed by atoms with Gasteiger partial charge in [-0.25, -0.2) is 4.39 Å². The summed E-state index contributed by atoms with van der Waals surface area (Å²) in [7, 11) is 0. The van der Waals surface area contributed by atoms with E-state index in [0.717, 1.165) is 72.5 Å². The maximum absolute atomic E-state index is 16.0. The van der Waals surface area contributed by atoms with Gasteiger partial charge in [0.25, 0.3) is 0 Å². The lowest BCUT2D eigenvalue weighted by Gasteiger charge is -2.34. The Morgan fingerprint density at radius 3 is 1.37 bits per heavy atom. The number of hydrogen-bond donors (Lipinski definition) is 0. The van der Waals surface area contributed by atoms with Crippen molar-refractivity contribution in [3.05, 3.63) is 337 Å². The number of furan rings is 1. The molecular weight excluding hydrogens is 1010 g/mol. The molecule has 390 valence electrons. The van der Waals surface area contributed by atoms with Crippen LogP contribution in [0.5, 0.6) is 0 Å². The van der Waals surface area contributed by atoms with Crippen molar-refractivity contribution in [1.82, 2.24) is 4.57 Å². The maximum Gasteiger partial charge on any atom is 0.143 e. The molecule has 0 unspecified atom stereocenters. The Balaban J connectivity index is 0.745. The number of benzene rings is 13. The summed E-state index contributed by atoms with van der Waals surface area (Å²) in [6.45, 7) is 0. The van der Waals surface area contributed by atoms with Crippen LogP contribution in [0.1, 0.15) is 22.3 Å². The van der Waals surface area contributed by atoms with Gasteiger partial charge in [-0.2, -0.15) is 0 Å². The molecule has 2 aromatic heterocycles. The standard InChI is InChI=1S/C79H51FN2O/c80-61-50-71(78-72(51-61)70-47-37-58(49-77(70)83-78)57-36-46-67-66-22-10-13-25-73(66)79(74(67)48-57,59-18-6-2-7-19-59)60-20-8-3-9-21-60)56-34-44-64(45-35-56)81(62-38-28-53(29-39-62)52-16-4-1-5-17-52)63-40-30-54(31-41-63)55-32-42-65(43-33-55)82-75-26-14-11-23-68(75)69-24-12-15-27-76(69)82/h1-51H. The average molecular weight is 1060 g/mol. The van der Waals surface area contributed by atoms with Crippen molar-refractivity contribution in [2.45, 2.75) is 5.41 Å². The quantitative estimate of drug-likeness (QED) is 0.136. The lowest BCUT2D eigenvalue weighted by molar-refractivity contribution is 0.627. The summed E-state index contributed by atoms with van der Waals surface area (Å²) < 4.78 is 25.3. The zero-order chi connectivity index (χ0) is 55.0. The van der Waals surface area contributed by atoms with Gasteiger partial charge in [-0.1, -0.05) is 218 Å². The number of anilines is 3. The Morgan fingerprint density at radius 1 is 0.313 bits per heavy atom. The van der Waals surface area contributed by atoms with Crippen LogP contribution < -0.4 is 4.90 Å². The molecule has 13 aromatic carbocycles. The maximum atomic E-state index is 16.0. The summed E-state index contributed by atoms with van der Waals surface area (Å²) in [6.07, 6.45) is 0. The second kappa shape index (κ2) is 19.5. The van der Waals surface area contributed by atoms with Crippen LogP contribution in [0, 0.1) is 5.82 Å². The SMILES string of the molecule is Fc1cc(-c2ccc(N(c3ccc(-c4ccccc4)cc3)c3ccc(-c4ccc(-n5c6ccccc6c6ccccc65)cc4)cc3)cc2)c2oc3cc(-c4ccc5c(c4)C(c4ccccc4)(c4ccccc4)c4ccccc4-5)ccc3c2c1. The van der Waals surface area contributed by atoms with Crippen LogP contribution >= 0.6 is 0 Å². The largest absolute Gasteiger partial charge is 0.455 e. The molecule has 0 spiro atoms. The van der Waals surface area contributed by atoms with Crippen LogP contribution in [0.15, 0.2) is 314 Å². The highest BCUT2D eigenvalue weighted by molar-refractivity contribution is 6.11. The monoisotopic (exact) mass is 1060 g/mol. The summed E-state index contributed by atoms with van der Waals surface area (Å²) >= 11 is 0. The summed E-state index contributed by atoms with van der Waals surface area (Å²) in [6, 6.07) is 109. The van der Waals surface area contributed by atoms with Gasteiger partial charge in [0.05, 0.1) is 16.4 Å². The predicted octanol–water partition coefficient (Wildman–Crippen LogP) is 21.3. The zero-order valence-electron chi connectivity index (χ0n) is 45.1. The van der Waals surface area contributed by atoms with E-state index in [0.29, 0.717) is 16.7 Å². The van der Waals surface area contributed by atoms with Crippen LogP contribution in [-0.2, 0) is 5.41 Å². The van der Waals surface area contributed by atoms with Gasteiger partial charge in [-0.3, -0.25) is 0 Å². The first-order chi connectivity index (χ1) is 41.0. The third-order valence-electron chi connectivity index (χ3n) is 17.2. The molecule has 0 N–H and O–H groups in total. The Bertz CT molecular complexity index is 4840. The van der Waals surface area contributed by atoms with E-state index >= 15 is 4.39 Å². The average Bonchev–Trinajstić information content (AvgIpc) is 1.79. The number of rotatable bonds is 10. The smallest absolute Gasteiger partial charge is 0.143 e. The number of halogens is 1. The van der Waals surface area contributed by atoms with Crippen molar-refractivity contribution in [1.29, 1.82) is 0 Å². The van der Waals surface area contributed by atoms with Crippen molar-refractivity contribution in [3.63, 3.8) is 0 Å². The van der Waals surface area contributed by atoms with Crippen LogP contribution in [0.25, 0.3) is 105 Å². The van der Waals surface area contributed by atoms with Crippen molar-refractivity contribution in [2.24, 2.45) is 0 Å². The van der Waals surface area contributed by atoms with Gasteiger partial charge in [-0.05, 0) is 163 Å². The zero-order valence-corrected chi connectivity index (χ0v) is 45.1. The molecule has 15 aromatic rings. The molecule has 0 saturated heterocycles. The third-order valence-corrected chi connectivity index (χ3v) is 17.2. The molecule has 83 heavy (non-hydrogen) atoms. The molecule has 4 heteroatoms. The Morgan fingerprint density at radius 2 is 0.771 bits per heavy atom. The van der Waals surface area contributed by atoms with Crippen LogP contribution in [0.4, 0.5) is 21.5 Å². The molecule has 2 heterocycles. The topological polar surface area (TPSA) is 21.3 Å². The second-order valence-corrected chi connectivity index (χ2v) is 21.7. The highest BCUT2D eigenvalue weighted by atomic mass is 19.1. The van der Waals surface area contributed by atoms with Gasteiger partial charge >= 0.3 is 0 Å². The predicted molar refractivity (Wildman–Crippen MR) is 342 cm³/mol. The van der Waals surface area contributed by atoms with Crippen molar-refractivity contribution >= 4 is 60.8 Å².